The van der Waals surface area contributed by atoms with Gasteiger partial charge in [-0.3, -0.25) is 38.4 Å². The standard InChI is InChI=1S/C28H40N2O17/c1-11(31)29-21-26(43-17(7)37)24(20(10-40-14(4)34)45-27(21)44-18(8)38)47-28-22(30-12(2)32)25(42-16(6)36)23(41-15(5)35)19(46-28)9-39-13(3)33/h19-28H,9-10H2,1-8H3,(H,29,31)(H,30,32)/t19?,20?,21-,22-,23+,24+,25+,26+,27+,28-/m0/s1. The van der Waals surface area contributed by atoms with Gasteiger partial charge in [0.25, 0.3) is 0 Å². The van der Waals surface area contributed by atoms with Gasteiger partial charge in [-0.2, -0.15) is 0 Å². The van der Waals surface area contributed by atoms with Crippen LogP contribution < -0.4 is 10.6 Å². The highest BCUT2D eigenvalue weighted by Gasteiger charge is 2.56. The smallest absolute Gasteiger partial charge is 0.305 e. The molecule has 2 fully saturated rings. The summed E-state index contributed by atoms with van der Waals surface area (Å²) < 4.78 is 50.1. The van der Waals surface area contributed by atoms with E-state index in [0.717, 1.165) is 55.4 Å². The fourth-order valence-electron chi connectivity index (χ4n) is 4.95. The lowest BCUT2D eigenvalue weighted by atomic mass is 9.94. The first-order valence-corrected chi connectivity index (χ1v) is 14.4. The maximum Gasteiger partial charge on any atom is 0.305 e. The van der Waals surface area contributed by atoms with Crippen molar-refractivity contribution in [3.05, 3.63) is 0 Å². The lowest BCUT2D eigenvalue weighted by molar-refractivity contribution is -0.330. The summed E-state index contributed by atoms with van der Waals surface area (Å²) in [5.74, 6) is -6.25. The third-order valence-electron chi connectivity index (χ3n) is 6.41. The molecule has 2 N–H and O–H groups in total. The van der Waals surface area contributed by atoms with Gasteiger partial charge >= 0.3 is 35.8 Å². The van der Waals surface area contributed by atoms with E-state index in [1.165, 1.54) is 0 Å². The van der Waals surface area contributed by atoms with Crippen molar-refractivity contribution in [1.29, 1.82) is 0 Å². The molecule has 264 valence electrons. The zero-order valence-corrected chi connectivity index (χ0v) is 27.1. The topological polar surface area (TPSA) is 244 Å². The number of hydrogen-bond acceptors (Lipinski definition) is 17. The van der Waals surface area contributed by atoms with Crippen LogP contribution in [0.15, 0.2) is 0 Å². The monoisotopic (exact) mass is 676 g/mol. The molecule has 0 bridgehead atoms. The summed E-state index contributed by atoms with van der Waals surface area (Å²) in [5, 5.41) is 5.02. The van der Waals surface area contributed by atoms with E-state index >= 15 is 0 Å². The van der Waals surface area contributed by atoms with E-state index < -0.39 is 122 Å². The summed E-state index contributed by atoms with van der Waals surface area (Å²) in [6, 6.07) is -2.86. The SMILES string of the molecule is CC(=O)N[C@@H]1[C@H](O[C@@H]2C(COC(C)=O)O[C@@H](OC(C)=O)[C@@H](NC(C)=O)[C@H]2OC(C)=O)OC(COC(C)=O)[C@@H](OC(C)=O)[C@@H]1OC(C)=O. The van der Waals surface area contributed by atoms with Gasteiger partial charge in [-0.1, -0.05) is 0 Å². The summed E-state index contributed by atoms with van der Waals surface area (Å²) in [6.45, 7) is 7.56. The van der Waals surface area contributed by atoms with E-state index in [0.29, 0.717) is 0 Å². The van der Waals surface area contributed by atoms with Gasteiger partial charge in [0.1, 0.15) is 43.6 Å². The van der Waals surface area contributed by atoms with Crippen LogP contribution in [0.5, 0.6) is 0 Å². The molecule has 2 saturated heterocycles. The van der Waals surface area contributed by atoms with Gasteiger partial charge in [0.2, 0.25) is 18.1 Å². The Labute approximate surface area is 269 Å². The van der Waals surface area contributed by atoms with Crippen LogP contribution in [0.3, 0.4) is 0 Å². The quantitative estimate of drug-likeness (QED) is 0.173. The minimum absolute atomic E-state index is 0.549. The summed E-state index contributed by atoms with van der Waals surface area (Å²) >= 11 is 0. The molecule has 0 aromatic rings. The van der Waals surface area contributed by atoms with E-state index in [4.69, 9.17) is 42.6 Å². The molecule has 19 heteroatoms. The van der Waals surface area contributed by atoms with E-state index in [1.807, 2.05) is 0 Å². The number of amides is 2. The van der Waals surface area contributed by atoms with Gasteiger partial charge in [0.15, 0.2) is 24.6 Å². The van der Waals surface area contributed by atoms with Crippen LogP contribution >= 0.6 is 0 Å². The Morgan fingerprint density at radius 3 is 1.23 bits per heavy atom. The van der Waals surface area contributed by atoms with Gasteiger partial charge in [-0.15, -0.1) is 0 Å². The van der Waals surface area contributed by atoms with Crippen molar-refractivity contribution in [2.75, 3.05) is 13.2 Å². The number of ether oxygens (including phenoxy) is 9. The van der Waals surface area contributed by atoms with Gasteiger partial charge in [-0.25, -0.2) is 0 Å². The largest absolute Gasteiger partial charge is 0.463 e. The summed E-state index contributed by atoms with van der Waals surface area (Å²) in [5.41, 5.74) is 0. The molecule has 19 nitrogen and oxygen atoms in total. The first kappa shape index (κ1) is 38.8. The van der Waals surface area contributed by atoms with Crippen LogP contribution in [0.2, 0.25) is 0 Å². The van der Waals surface area contributed by atoms with E-state index in [2.05, 4.69) is 10.6 Å². The number of esters is 6. The molecular formula is C28H40N2O17. The molecular weight excluding hydrogens is 636 g/mol. The van der Waals surface area contributed by atoms with Crippen molar-refractivity contribution in [3.63, 3.8) is 0 Å². The number of rotatable bonds is 12. The molecule has 2 unspecified atom stereocenters. The van der Waals surface area contributed by atoms with Crippen molar-refractivity contribution in [2.24, 2.45) is 0 Å². The van der Waals surface area contributed by atoms with Crippen molar-refractivity contribution in [2.45, 2.75) is 117 Å². The molecule has 2 rings (SSSR count). The number of carbonyl (C=O) groups excluding carboxylic acids is 8. The predicted molar refractivity (Wildman–Crippen MR) is 149 cm³/mol. The average Bonchev–Trinajstić information content (AvgIpc) is 2.91. The minimum Gasteiger partial charge on any atom is -0.463 e. The molecule has 2 aliphatic heterocycles. The molecule has 0 saturated carbocycles. The highest BCUT2D eigenvalue weighted by atomic mass is 16.8. The molecule has 10 atom stereocenters. The Kier molecular flexibility index (Phi) is 14.5. The van der Waals surface area contributed by atoms with Gasteiger partial charge in [0, 0.05) is 55.4 Å². The van der Waals surface area contributed by atoms with Crippen LogP contribution in [-0.2, 0) is 81.0 Å². The third kappa shape index (κ3) is 12.1. The fourth-order valence-corrected chi connectivity index (χ4v) is 4.95. The minimum atomic E-state index is -1.69. The maximum absolute atomic E-state index is 12.4. The average molecular weight is 677 g/mol. The van der Waals surface area contributed by atoms with Crippen molar-refractivity contribution in [1.82, 2.24) is 10.6 Å². The normalized spacial score (nSPS) is 30.0. The van der Waals surface area contributed by atoms with Crippen LogP contribution in [-0.4, -0.2) is 122 Å². The first-order chi connectivity index (χ1) is 21.9. The number of hydrogen-bond donors (Lipinski definition) is 2. The Balaban J connectivity index is 2.73. The lowest BCUT2D eigenvalue weighted by Gasteiger charge is -2.49. The van der Waals surface area contributed by atoms with Crippen LogP contribution in [0.4, 0.5) is 0 Å². The summed E-state index contributed by atoms with van der Waals surface area (Å²) in [4.78, 5) is 96.7. The van der Waals surface area contributed by atoms with Crippen molar-refractivity contribution < 1.29 is 81.0 Å². The molecule has 0 aliphatic carbocycles. The molecule has 0 spiro atoms. The molecule has 2 aliphatic rings. The van der Waals surface area contributed by atoms with Crippen molar-refractivity contribution in [3.8, 4) is 0 Å². The molecule has 0 aromatic carbocycles. The highest BCUT2D eigenvalue weighted by Crippen LogP contribution is 2.33. The van der Waals surface area contributed by atoms with Crippen molar-refractivity contribution >= 4 is 47.6 Å². The van der Waals surface area contributed by atoms with Gasteiger partial charge in [-0.05, 0) is 0 Å². The second-order valence-corrected chi connectivity index (χ2v) is 10.6. The summed E-state index contributed by atoms with van der Waals surface area (Å²) in [6.07, 6.45) is -12.1. The molecule has 2 amide bonds. The molecule has 0 aromatic heterocycles. The predicted octanol–water partition coefficient (Wildman–Crippen LogP) is -1.68. The highest BCUT2D eigenvalue weighted by molar-refractivity contribution is 5.74. The third-order valence-corrected chi connectivity index (χ3v) is 6.41. The zero-order valence-electron chi connectivity index (χ0n) is 27.1. The zero-order chi connectivity index (χ0) is 35.6. The fraction of sp³-hybridized carbons (Fsp3) is 0.714. The Bertz CT molecular complexity index is 1210. The maximum atomic E-state index is 12.4. The van der Waals surface area contributed by atoms with E-state index in [-0.39, 0.29) is 0 Å². The van der Waals surface area contributed by atoms with E-state index in [9.17, 15) is 38.4 Å². The van der Waals surface area contributed by atoms with Gasteiger partial charge < -0.3 is 53.3 Å². The Hall–Kier alpha value is -4.36. The second kappa shape index (κ2) is 17.5. The number of nitrogens with one attached hydrogen (secondary N) is 2. The number of carbonyl (C=O) groups is 8. The summed E-state index contributed by atoms with van der Waals surface area (Å²) in [7, 11) is 0. The Morgan fingerprint density at radius 2 is 0.830 bits per heavy atom. The Morgan fingerprint density at radius 1 is 0.468 bits per heavy atom. The van der Waals surface area contributed by atoms with Crippen LogP contribution in [0.25, 0.3) is 0 Å². The lowest BCUT2D eigenvalue weighted by Crippen LogP contribution is -2.70. The first-order valence-electron chi connectivity index (χ1n) is 14.4. The second-order valence-electron chi connectivity index (χ2n) is 10.6. The molecule has 2 heterocycles. The van der Waals surface area contributed by atoms with Gasteiger partial charge in [0.05, 0.1) is 0 Å². The molecule has 47 heavy (non-hydrogen) atoms. The van der Waals surface area contributed by atoms with Crippen LogP contribution in [0.1, 0.15) is 55.4 Å². The molecule has 0 radical (unpaired) electrons. The van der Waals surface area contributed by atoms with E-state index in [1.54, 1.807) is 0 Å². The van der Waals surface area contributed by atoms with Crippen LogP contribution in [0, 0.1) is 0 Å².